The van der Waals surface area contributed by atoms with Gasteiger partial charge in [0, 0.05) is 36.6 Å². The van der Waals surface area contributed by atoms with Crippen LogP contribution in [-0.2, 0) is 16.6 Å². The Morgan fingerprint density at radius 2 is 2.03 bits per heavy atom. The van der Waals surface area contributed by atoms with Crippen LogP contribution >= 0.6 is 0 Å². The molecule has 2 aliphatic heterocycles. The molecule has 5 nitrogen and oxygen atoms in total. The maximum absolute atomic E-state index is 11.4. The molecule has 5 aliphatic carbocycles. The van der Waals surface area contributed by atoms with Gasteiger partial charge < -0.3 is 19.3 Å². The van der Waals surface area contributed by atoms with Crippen molar-refractivity contribution in [2.45, 2.75) is 74.7 Å². The van der Waals surface area contributed by atoms with Crippen molar-refractivity contribution in [2.75, 3.05) is 27.3 Å². The molecular formula is C27H35NO4. The Labute approximate surface area is 190 Å². The Bertz CT molecular complexity index is 1030. The second kappa shape index (κ2) is 5.92. The molecule has 6 atom stereocenters. The lowest BCUT2D eigenvalue weighted by atomic mass is 9.36. The third-order valence-electron chi connectivity index (χ3n) is 10.2. The summed E-state index contributed by atoms with van der Waals surface area (Å²) in [5, 5.41) is 11.4. The summed E-state index contributed by atoms with van der Waals surface area (Å²) < 4.78 is 19.1. The monoisotopic (exact) mass is 437 g/mol. The fourth-order valence-corrected chi connectivity index (χ4v) is 8.73. The lowest BCUT2D eigenvalue weighted by Gasteiger charge is -2.72. The summed E-state index contributed by atoms with van der Waals surface area (Å²) in [4.78, 5) is 2.79. The minimum atomic E-state index is -0.868. The largest absolute Gasteiger partial charge is 0.493 e. The number of likely N-dealkylation sites (tertiary alicyclic amines) is 1. The zero-order valence-electron chi connectivity index (χ0n) is 19.7. The number of hydrogen-bond donors (Lipinski definition) is 1. The third kappa shape index (κ3) is 2.04. The van der Waals surface area contributed by atoms with E-state index in [4.69, 9.17) is 14.2 Å². The van der Waals surface area contributed by atoms with Gasteiger partial charge >= 0.3 is 0 Å². The third-order valence-corrected chi connectivity index (χ3v) is 10.2. The summed E-state index contributed by atoms with van der Waals surface area (Å²) in [6, 6.07) is 4.81. The number of hydrogen-bond acceptors (Lipinski definition) is 5. The lowest BCUT2D eigenvalue weighted by molar-refractivity contribution is -0.245. The first-order chi connectivity index (χ1) is 15.3. The van der Waals surface area contributed by atoms with E-state index in [1.807, 2.05) is 13.8 Å². The van der Waals surface area contributed by atoms with Crippen LogP contribution in [0.1, 0.15) is 50.7 Å². The van der Waals surface area contributed by atoms with Gasteiger partial charge in [0.1, 0.15) is 11.7 Å². The molecule has 32 heavy (non-hydrogen) atoms. The van der Waals surface area contributed by atoms with E-state index in [-0.39, 0.29) is 22.9 Å². The van der Waals surface area contributed by atoms with E-state index in [9.17, 15) is 5.11 Å². The predicted molar refractivity (Wildman–Crippen MR) is 121 cm³/mol. The zero-order valence-corrected chi connectivity index (χ0v) is 19.7. The number of ether oxygens (including phenoxy) is 3. The van der Waals surface area contributed by atoms with Crippen molar-refractivity contribution in [3.8, 4) is 11.5 Å². The highest BCUT2D eigenvalue weighted by atomic mass is 16.6. The van der Waals surface area contributed by atoms with Crippen molar-refractivity contribution in [3.05, 3.63) is 35.4 Å². The van der Waals surface area contributed by atoms with Crippen LogP contribution in [0.2, 0.25) is 0 Å². The van der Waals surface area contributed by atoms with E-state index in [1.54, 1.807) is 14.2 Å². The smallest absolute Gasteiger partial charge is 0.166 e. The van der Waals surface area contributed by atoms with Crippen molar-refractivity contribution < 1.29 is 19.3 Å². The molecule has 1 aromatic carbocycles. The number of piperidine rings is 1. The Morgan fingerprint density at radius 1 is 1.22 bits per heavy atom. The molecule has 5 heteroatoms. The van der Waals surface area contributed by atoms with Crippen molar-refractivity contribution >= 4 is 0 Å². The first kappa shape index (κ1) is 19.9. The molecule has 4 bridgehead atoms. The Morgan fingerprint density at radius 3 is 2.72 bits per heavy atom. The van der Waals surface area contributed by atoms with Crippen LogP contribution in [0.4, 0.5) is 0 Å². The average Bonchev–Trinajstić information content (AvgIpc) is 3.51. The van der Waals surface area contributed by atoms with Gasteiger partial charge in [-0.05, 0) is 70.0 Å². The van der Waals surface area contributed by atoms with Crippen LogP contribution in [0.25, 0.3) is 0 Å². The van der Waals surface area contributed by atoms with E-state index in [1.165, 1.54) is 30.5 Å². The number of fused-ring (bicyclic) bond motifs is 1. The summed E-state index contributed by atoms with van der Waals surface area (Å²) in [6.45, 7) is 6.22. The molecule has 1 aromatic rings. The molecule has 1 saturated heterocycles. The number of benzene rings is 1. The highest BCUT2D eigenvalue weighted by Gasteiger charge is 2.80. The summed E-state index contributed by atoms with van der Waals surface area (Å²) in [7, 11) is 3.53. The lowest BCUT2D eigenvalue weighted by Crippen LogP contribution is -2.80. The molecule has 8 rings (SSSR count). The average molecular weight is 438 g/mol. The fraction of sp³-hybridized carbons (Fsp3) is 0.704. The summed E-state index contributed by atoms with van der Waals surface area (Å²) in [5.41, 5.74) is 1.10. The first-order valence-corrected chi connectivity index (χ1v) is 12.4. The van der Waals surface area contributed by atoms with Gasteiger partial charge in [-0.1, -0.05) is 18.2 Å². The second-order valence-corrected chi connectivity index (χ2v) is 11.9. The maximum atomic E-state index is 11.4. The van der Waals surface area contributed by atoms with E-state index in [0.717, 1.165) is 43.2 Å². The van der Waals surface area contributed by atoms with Gasteiger partial charge in [0.15, 0.2) is 11.5 Å². The molecule has 172 valence electrons. The van der Waals surface area contributed by atoms with Gasteiger partial charge in [-0.25, -0.2) is 0 Å². The number of methoxy groups -OCH3 is 2. The molecule has 2 spiro atoms. The van der Waals surface area contributed by atoms with Crippen LogP contribution < -0.4 is 9.47 Å². The number of nitrogens with zero attached hydrogens (tertiary/aromatic N) is 1. The van der Waals surface area contributed by atoms with Gasteiger partial charge in [0.2, 0.25) is 0 Å². The van der Waals surface area contributed by atoms with Crippen molar-refractivity contribution in [2.24, 2.45) is 17.3 Å². The maximum Gasteiger partial charge on any atom is 0.166 e. The van der Waals surface area contributed by atoms with Crippen LogP contribution in [0, 0.1) is 17.3 Å². The van der Waals surface area contributed by atoms with Crippen LogP contribution in [0.5, 0.6) is 11.5 Å². The van der Waals surface area contributed by atoms with Gasteiger partial charge in [-0.2, -0.15) is 0 Å². The SMILES string of the molecule is COc1ccc2c3c1O[C@@H]1[C@]34CCN(CC3CC3)[C@H](C2)[C@]42C=C[C@@]1(OC)C(C(C)(C)O)C2. The molecule has 1 N–H and O–H groups in total. The molecule has 1 unspecified atom stereocenters. The molecular weight excluding hydrogens is 402 g/mol. The fourth-order valence-electron chi connectivity index (χ4n) is 8.73. The Balaban J connectivity index is 1.51. The normalized spacial score (nSPS) is 43.2. The molecule has 0 radical (unpaired) electrons. The predicted octanol–water partition coefficient (Wildman–Crippen LogP) is 3.47. The molecule has 2 saturated carbocycles. The van der Waals surface area contributed by atoms with Crippen molar-refractivity contribution in [1.82, 2.24) is 4.90 Å². The number of aliphatic hydroxyl groups is 1. The summed E-state index contributed by atoms with van der Waals surface area (Å²) in [6.07, 6.45) is 10.4. The molecule has 2 heterocycles. The van der Waals surface area contributed by atoms with Crippen molar-refractivity contribution in [3.63, 3.8) is 0 Å². The molecule has 3 fully saturated rings. The van der Waals surface area contributed by atoms with Gasteiger partial charge in [0.25, 0.3) is 0 Å². The Kier molecular flexibility index (Phi) is 3.67. The van der Waals surface area contributed by atoms with Crippen LogP contribution in [0.15, 0.2) is 24.3 Å². The van der Waals surface area contributed by atoms with E-state index in [2.05, 4.69) is 29.2 Å². The van der Waals surface area contributed by atoms with E-state index in [0.29, 0.717) is 6.04 Å². The van der Waals surface area contributed by atoms with E-state index >= 15 is 0 Å². The van der Waals surface area contributed by atoms with Crippen LogP contribution in [0.3, 0.4) is 0 Å². The molecule has 7 aliphatic rings. The highest BCUT2D eigenvalue weighted by Crippen LogP contribution is 2.75. The minimum absolute atomic E-state index is 0.0339. The van der Waals surface area contributed by atoms with Crippen LogP contribution in [-0.4, -0.2) is 60.7 Å². The quantitative estimate of drug-likeness (QED) is 0.715. The van der Waals surface area contributed by atoms with E-state index < -0.39 is 11.2 Å². The van der Waals surface area contributed by atoms with Gasteiger partial charge in [-0.3, -0.25) is 4.90 Å². The second-order valence-electron chi connectivity index (χ2n) is 11.9. The first-order valence-electron chi connectivity index (χ1n) is 12.4. The summed E-state index contributed by atoms with van der Waals surface area (Å²) in [5.74, 6) is 2.58. The zero-order chi connectivity index (χ0) is 22.1. The topological polar surface area (TPSA) is 51.2 Å². The summed E-state index contributed by atoms with van der Waals surface area (Å²) >= 11 is 0. The van der Waals surface area contributed by atoms with Gasteiger partial charge in [-0.15, -0.1) is 0 Å². The molecule has 0 aromatic heterocycles. The van der Waals surface area contributed by atoms with Crippen molar-refractivity contribution in [1.29, 1.82) is 0 Å². The molecule has 0 amide bonds. The number of rotatable bonds is 5. The highest BCUT2D eigenvalue weighted by molar-refractivity contribution is 5.65. The van der Waals surface area contributed by atoms with Gasteiger partial charge in [0.05, 0.1) is 18.1 Å². The Hall–Kier alpha value is -1.56. The minimum Gasteiger partial charge on any atom is -0.493 e. The standard InChI is InChI=1S/C27H35NO4/c1-24(2,29)19-14-25-9-10-27(19,31-4)23-26(25)11-12-28(15-16-5-6-16)20(25)13-17-7-8-18(30-3)22(32-23)21(17)26/h7-10,16,19-20,23,29H,5-6,11-15H2,1-4H3/t19?,20-,23-,25-,26+,27-/m1/s1.